The molecule has 0 aliphatic rings. The second kappa shape index (κ2) is 7.10. The molecule has 3 rings (SSSR count). The summed E-state index contributed by atoms with van der Waals surface area (Å²) in [6, 6.07) is 9.90. The standard InChI is InChI=1S/C17H16BrN5O2/c1-11-16(12(2)24)20-21-23(11)14-10-19-22(17(25)15(14)18)9-8-13-6-4-3-5-7-13/h3-7,10H,8-9H2,1-2H3. The van der Waals surface area contributed by atoms with Crippen LogP contribution in [-0.2, 0) is 13.0 Å². The maximum absolute atomic E-state index is 12.6. The van der Waals surface area contributed by atoms with Crippen molar-refractivity contribution in [2.75, 3.05) is 0 Å². The topological polar surface area (TPSA) is 82.7 Å². The van der Waals surface area contributed by atoms with Gasteiger partial charge in [-0.25, -0.2) is 9.36 Å². The molecule has 0 radical (unpaired) electrons. The van der Waals surface area contributed by atoms with E-state index in [1.807, 2.05) is 30.3 Å². The van der Waals surface area contributed by atoms with E-state index in [9.17, 15) is 9.59 Å². The first-order valence-electron chi connectivity index (χ1n) is 7.72. The average Bonchev–Trinajstić information content (AvgIpc) is 2.99. The molecule has 128 valence electrons. The minimum absolute atomic E-state index is 0.177. The molecule has 0 amide bonds. The summed E-state index contributed by atoms with van der Waals surface area (Å²) in [6.45, 7) is 3.62. The van der Waals surface area contributed by atoms with Crippen molar-refractivity contribution in [3.8, 4) is 5.69 Å². The van der Waals surface area contributed by atoms with Crippen LogP contribution in [0.1, 0.15) is 28.7 Å². The molecule has 25 heavy (non-hydrogen) atoms. The Hall–Kier alpha value is -2.61. The number of carbonyl (C=O) groups is 1. The van der Waals surface area contributed by atoms with Gasteiger partial charge < -0.3 is 0 Å². The van der Waals surface area contributed by atoms with Crippen molar-refractivity contribution in [3.63, 3.8) is 0 Å². The van der Waals surface area contributed by atoms with Gasteiger partial charge >= 0.3 is 0 Å². The molecule has 0 N–H and O–H groups in total. The number of halogens is 1. The fourth-order valence-corrected chi connectivity index (χ4v) is 3.00. The van der Waals surface area contributed by atoms with Gasteiger partial charge in [0.15, 0.2) is 11.5 Å². The Bertz CT molecular complexity index is 978. The lowest BCUT2D eigenvalue weighted by Crippen LogP contribution is -2.26. The number of Topliss-reactive ketones (excluding diaryl/α,β-unsaturated/α-hetero) is 1. The van der Waals surface area contributed by atoms with Crippen molar-refractivity contribution in [2.45, 2.75) is 26.8 Å². The maximum Gasteiger partial charge on any atom is 0.283 e. The lowest BCUT2D eigenvalue weighted by atomic mass is 10.1. The Morgan fingerprint density at radius 3 is 2.60 bits per heavy atom. The van der Waals surface area contributed by atoms with E-state index in [0.717, 1.165) is 5.56 Å². The number of hydrogen-bond acceptors (Lipinski definition) is 5. The van der Waals surface area contributed by atoms with Crippen molar-refractivity contribution in [1.29, 1.82) is 0 Å². The van der Waals surface area contributed by atoms with Gasteiger partial charge in [0.2, 0.25) is 0 Å². The average molecular weight is 402 g/mol. The zero-order valence-corrected chi connectivity index (χ0v) is 15.4. The van der Waals surface area contributed by atoms with E-state index < -0.39 is 0 Å². The number of nitrogens with zero attached hydrogens (tertiary/aromatic N) is 5. The Labute approximate surface area is 152 Å². The molecule has 0 bridgehead atoms. The summed E-state index contributed by atoms with van der Waals surface area (Å²) < 4.78 is 3.17. The first-order valence-corrected chi connectivity index (χ1v) is 8.51. The molecule has 2 heterocycles. The highest BCUT2D eigenvalue weighted by Crippen LogP contribution is 2.18. The molecule has 7 nitrogen and oxygen atoms in total. The molecule has 0 aliphatic carbocycles. The third-order valence-corrected chi connectivity index (χ3v) is 4.62. The highest BCUT2D eigenvalue weighted by atomic mass is 79.9. The first kappa shape index (κ1) is 17.2. The first-order chi connectivity index (χ1) is 12.0. The molecule has 0 unspecified atom stereocenters. The van der Waals surface area contributed by atoms with Crippen LogP contribution in [0.2, 0.25) is 0 Å². The number of aromatic nitrogens is 5. The second-order valence-corrected chi connectivity index (χ2v) is 6.39. The Balaban J connectivity index is 1.91. The Morgan fingerprint density at radius 2 is 1.96 bits per heavy atom. The summed E-state index contributed by atoms with van der Waals surface area (Å²) in [7, 11) is 0. The lowest BCUT2D eigenvalue weighted by molar-refractivity contribution is 0.101. The zero-order valence-electron chi connectivity index (χ0n) is 13.8. The smallest absolute Gasteiger partial charge is 0.283 e. The van der Waals surface area contributed by atoms with Gasteiger partial charge in [-0.1, -0.05) is 35.5 Å². The highest BCUT2D eigenvalue weighted by molar-refractivity contribution is 9.10. The van der Waals surface area contributed by atoms with Crippen LogP contribution in [0.4, 0.5) is 0 Å². The molecule has 0 fully saturated rings. The van der Waals surface area contributed by atoms with Crippen LogP contribution in [0.5, 0.6) is 0 Å². The largest absolute Gasteiger partial charge is 0.293 e. The summed E-state index contributed by atoms with van der Waals surface area (Å²) in [4.78, 5) is 24.1. The van der Waals surface area contributed by atoms with Crippen molar-refractivity contribution in [3.05, 3.63) is 68.3 Å². The fourth-order valence-electron chi connectivity index (χ4n) is 2.53. The normalized spacial score (nSPS) is 10.8. The molecular formula is C17H16BrN5O2. The maximum atomic E-state index is 12.6. The fraction of sp³-hybridized carbons (Fsp3) is 0.235. The highest BCUT2D eigenvalue weighted by Gasteiger charge is 2.18. The second-order valence-electron chi connectivity index (χ2n) is 5.60. The summed E-state index contributed by atoms with van der Waals surface area (Å²) in [5, 5.41) is 12.1. The van der Waals surface area contributed by atoms with E-state index in [2.05, 4.69) is 31.3 Å². The van der Waals surface area contributed by atoms with Crippen LogP contribution in [0.25, 0.3) is 5.69 Å². The predicted molar refractivity (Wildman–Crippen MR) is 96.0 cm³/mol. The van der Waals surface area contributed by atoms with Gasteiger partial charge in [0.05, 0.1) is 11.9 Å². The van der Waals surface area contributed by atoms with Gasteiger partial charge in [-0.15, -0.1) is 5.10 Å². The number of carbonyl (C=O) groups excluding carboxylic acids is 1. The van der Waals surface area contributed by atoms with Gasteiger partial charge in [0.25, 0.3) is 5.56 Å². The van der Waals surface area contributed by atoms with Crippen molar-refractivity contribution >= 4 is 21.7 Å². The molecular weight excluding hydrogens is 386 g/mol. The van der Waals surface area contributed by atoms with Crippen LogP contribution >= 0.6 is 15.9 Å². The summed E-state index contributed by atoms with van der Waals surface area (Å²) in [5.74, 6) is -0.177. The minimum atomic E-state index is -0.257. The SMILES string of the molecule is CC(=O)c1nnn(-c2cnn(CCc3ccccc3)c(=O)c2Br)c1C. The molecule has 0 spiro atoms. The van der Waals surface area contributed by atoms with E-state index in [-0.39, 0.29) is 17.0 Å². The summed E-state index contributed by atoms with van der Waals surface area (Å²) >= 11 is 3.33. The van der Waals surface area contributed by atoms with Crippen molar-refractivity contribution in [2.24, 2.45) is 0 Å². The molecule has 0 atom stereocenters. The van der Waals surface area contributed by atoms with Crippen molar-refractivity contribution in [1.82, 2.24) is 24.8 Å². The molecule has 2 aromatic heterocycles. The van der Waals surface area contributed by atoms with Gasteiger partial charge in [-0.2, -0.15) is 5.10 Å². The quantitative estimate of drug-likeness (QED) is 0.612. The molecule has 0 aliphatic heterocycles. The van der Waals surface area contributed by atoms with Crippen molar-refractivity contribution < 1.29 is 4.79 Å². The van der Waals surface area contributed by atoms with E-state index >= 15 is 0 Å². The van der Waals surface area contributed by atoms with E-state index in [4.69, 9.17) is 0 Å². The van der Waals surface area contributed by atoms with Crippen LogP contribution in [-0.4, -0.2) is 30.6 Å². The molecule has 0 saturated heterocycles. The van der Waals surface area contributed by atoms with E-state index in [1.165, 1.54) is 16.3 Å². The molecule has 0 saturated carbocycles. The zero-order chi connectivity index (χ0) is 18.0. The predicted octanol–water partition coefficient (Wildman–Crippen LogP) is 2.34. The number of hydrogen-bond donors (Lipinski definition) is 0. The number of ketones is 1. The van der Waals surface area contributed by atoms with E-state index in [0.29, 0.717) is 28.8 Å². The molecule has 1 aromatic carbocycles. The number of benzene rings is 1. The minimum Gasteiger partial charge on any atom is -0.293 e. The van der Waals surface area contributed by atoms with Crippen LogP contribution in [0.15, 0.2) is 45.8 Å². The lowest BCUT2D eigenvalue weighted by Gasteiger charge is -2.09. The van der Waals surface area contributed by atoms with Gasteiger partial charge in [-0.3, -0.25) is 9.59 Å². The van der Waals surface area contributed by atoms with Crippen LogP contribution < -0.4 is 5.56 Å². The summed E-state index contributed by atoms with van der Waals surface area (Å²) in [5.41, 5.74) is 2.18. The third-order valence-electron chi connectivity index (χ3n) is 3.88. The van der Waals surface area contributed by atoms with Gasteiger partial charge in [0.1, 0.15) is 10.2 Å². The van der Waals surface area contributed by atoms with E-state index in [1.54, 1.807) is 13.1 Å². The Kier molecular flexibility index (Phi) is 4.89. The molecule has 3 aromatic rings. The van der Waals surface area contributed by atoms with Crippen LogP contribution in [0.3, 0.4) is 0 Å². The van der Waals surface area contributed by atoms with Crippen LogP contribution in [0, 0.1) is 6.92 Å². The number of rotatable bonds is 5. The summed E-state index contributed by atoms with van der Waals surface area (Å²) in [6.07, 6.45) is 2.25. The third kappa shape index (κ3) is 3.43. The Morgan fingerprint density at radius 1 is 1.24 bits per heavy atom. The monoisotopic (exact) mass is 401 g/mol. The van der Waals surface area contributed by atoms with Gasteiger partial charge in [0, 0.05) is 13.5 Å². The van der Waals surface area contributed by atoms with Gasteiger partial charge in [-0.05, 0) is 34.8 Å². The number of aryl methyl sites for hydroxylation is 2. The molecule has 8 heteroatoms.